The molecule has 0 saturated heterocycles. The summed E-state index contributed by atoms with van der Waals surface area (Å²) in [4.78, 5) is 11.8. The molecule has 0 spiro atoms. The Morgan fingerprint density at radius 3 is 2.33 bits per heavy atom. The van der Waals surface area contributed by atoms with Gasteiger partial charge >= 0.3 is 5.97 Å². The summed E-state index contributed by atoms with van der Waals surface area (Å²) in [7, 11) is 0. The summed E-state index contributed by atoms with van der Waals surface area (Å²) in [6.07, 6.45) is 0.842. The molecule has 0 aromatic heterocycles. The van der Waals surface area contributed by atoms with E-state index in [1.54, 1.807) is 0 Å². The number of aliphatic carboxylic acids is 1. The molecule has 0 aliphatic heterocycles. The van der Waals surface area contributed by atoms with Crippen LogP contribution >= 0.6 is 0 Å². The van der Waals surface area contributed by atoms with Crippen LogP contribution in [0.15, 0.2) is 91.0 Å². The lowest BCUT2D eigenvalue weighted by atomic mass is 9.82. The average Bonchev–Trinajstić information content (AvgIpc) is 2.86. The molecule has 5 aromatic rings. The lowest BCUT2D eigenvalue weighted by molar-refractivity contribution is -0.143. The summed E-state index contributed by atoms with van der Waals surface area (Å²) in [6, 6.07) is 31.7. The van der Waals surface area contributed by atoms with Crippen LogP contribution in [0.4, 0.5) is 0 Å². The first-order chi connectivity index (χ1) is 16.2. The van der Waals surface area contributed by atoms with Crippen LogP contribution in [0.3, 0.4) is 0 Å². The Morgan fingerprint density at radius 1 is 0.788 bits per heavy atom. The summed E-state index contributed by atoms with van der Waals surface area (Å²) < 4.78 is 6.48. The van der Waals surface area contributed by atoms with Crippen molar-refractivity contribution in [2.45, 2.75) is 25.6 Å². The van der Waals surface area contributed by atoms with E-state index in [-0.39, 0.29) is 6.10 Å². The maximum atomic E-state index is 11.8. The van der Waals surface area contributed by atoms with Crippen molar-refractivity contribution in [2.24, 2.45) is 5.92 Å². The second-order valence-corrected chi connectivity index (χ2v) is 8.94. The molecule has 6 rings (SSSR count). The van der Waals surface area contributed by atoms with Crippen molar-refractivity contribution < 1.29 is 14.6 Å². The van der Waals surface area contributed by atoms with Gasteiger partial charge in [-0.05, 0) is 67.9 Å². The molecule has 2 atom stereocenters. The predicted molar refractivity (Wildman–Crippen MR) is 132 cm³/mol. The van der Waals surface area contributed by atoms with Gasteiger partial charge in [-0.25, -0.2) is 0 Å². The standard InChI is InChI=1S/C30H24O3/c31-30(32)21-15-20-8-2-4-11-25(20)29(17-21)33-18-22-16-28-23-9-3-1-7-19(23)13-14-27(28)26-12-6-5-10-24(22)26/h1-14,16,21,29H,15,17-18H2,(H,31,32). The number of fused-ring (bicyclic) bond motifs is 6. The molecule has 162 valence electrons. The first kappa shape index (κ1) is 20.0. The number of benzene rings is 5. The van der Waals surface area contributed by atoms with Crippen LogP contribution in [0.1, 0.15) is 29.2 Å². The van der Waals surface area contributed by atoms with E-state index in [1.165, 1.54) is 32.3 Å². The zero-order valence-electron chi connectivity index (χ0n) is 18.2. The number of hydrogen-bond donors (Lipinski definition) is 1. The fraction of sp³-hybridized carbons (Fsp3) is 0.167. The molecule has 0 radical (unpaired) electrons. The van der Waals surface area contributed by atoms with E-state index in [0.717, 1.165) is 16.7 Å². The van der Waals surface area contributed by atoms with E-state index in [9.17, 15) is 9.90 Å². The molecule has 5 aromatic carbocycles. The monoisotopic (exact) mass is 432 g/mol. The van der Waals surface area contributed by atoms with Crippen LogP contribution < -0.4 is 0 Å². The maximum Gasteiger partial charge on any atom is 0.306 e. The predicted octanol–water partition coefficient (Wildman–Crippen LogP) is 7.05. The van der Waals surface area contributed by atoms with Gasteiger partial charge in [0.25, 0.3) is 0 Å². The van der Waals surface area contributed by atoms with Crippen LogP contribution in [-0.2, 0) is 22.6 Å². The molecule has 2 unspecified atom stereocenters. The van der Waals surface area contributed by atoms with Gasteiger partial charge in [-0.1, -0.05) is 84.9 Å². The first-order valence-corrected chi connectivity index (χ1v) is 11.4. The fourth-order valence-corrected chi connectivity index (χ4v) is 5.36. The third-order valence-electron chi connectivity index (χ3n) is 7.01. The van der Waals surface area contributed by atoms with Gasteiger partial charge in [-0.3, -0.25) is 4.79 Å². The van der Waals surface area contributed by atoms with E-state index in [4.69, 9.17) is 4.74 Å². The van der Waals surface area contributed by atoms with Crippen LogP contribution in [0.5, 0.6) is 0 Å². The second-order valence-electron chi connectivity index (χ2n) is 8.94. The molecule has 1 N–H and O–H groups in total. The van der Waals surface area contributed by atoms with Crippen LogP contribution in [0, 0.1) is 5.92 Å². The number of carboxylic acid groups (broad SMARTS) is 1. The molecular weight excluding hydrogens is 408 g/mol. The zero-order chi connectivity index (χ0) is 22.4. The molecule has 3 heteroatoms. The van der Waals surface area contributed by atoms with Crippen molar-refractivity contribution in [3.05, 3.63) is 108 Å². The number of carbonyl (C=O) groups is 1. The Labute approximate surface area is 192 Å². The molecule has 1 aliphatic rings. The molecule has 3 nitrogen and oxygen atoms in total. The zero-order valence-corrected chi connectivity index (χ0v) is 18.2. The highest BCUT2D eigenvalue weighted by molar-refractivity contribution is 6.18. The topological polar surface area (TPSA) is 46.5 Å². The fourth-order valence-electron chi connectivity index (χ4n) is 5.36. The van der Waals surface area contributed by atoms with Crippen molar-refractivity contribution in [1.82, 2.24) is 0 Å². The third kappa shape index (κ3) is 3.46. The Morgan fingerprint density at radius 2 is 1.48 bits per heavy atom. The summed E-state index contributed by atoms with van der Waals surface area (Å²) >= 11 is 0. The Bertz CT molecular complexity index is 1520. The minimum Gasteiger partial charge on any atom is -0.481 e. The third-order valence-corrected chi connectivity index (χ3v) is 7.01. The molecule has 0 fully saturated rings. The van der Waals surface area contributed by atoms with Gasteiger partial charge < -0.3 is 9.84 Å². The van der Waals surface area contributed by atoms with Gasteiger partial charge in [0.05, 0.1) is 18.6 Å². The Balaban J connectivity index is 1.44. The van der Waals surface area contributed by atoms with Crippen molar-refractivity contribution in [2.75, 3.05) is 0 Å². The molecule has 1 aliphatic carbocycles. The van der Waals surface area contributed by atoms with Crippen molar-refractivity contribution in [1.29, 1.82) is 0 Å². The Kier molecular flexibility index (Phi) is 4.85. The summed E-state index contributed by atoms with van der Waals surface area (Å²) in [6.45, 7) is 0.436. The van der Waals surface area contributed by atoms with Crippen molar-refractivity contribution in [3.63, 3.8) is 0 Å². The minimum absolute atomic E-state index is 0.224. The van der Waals surface area contributed by atoms with Gasteiger partial charge in [0.15, 0.2) is 0 Å². The molecule has 0 heterocycles. The highest BCUT2D eigenvalue weighted by Gasteiger charge is 2.31. The summed E-state index contributed by atoms with van der Waals surface area (Å²) in [5.74, 6) is -1.16. The van der Waals surface area contributed by atoms with E-state index >= 15 is 0 Å². The van der Waals surface area contributed by atoms with Gasteiger partial charge in [0.1, 0.15) is 0 Å². The van der Waals surface area contributed by atoms with Crippen LogP contribution in [-0.4, -0.2) is 11.1 Å². The van der Waals surface area contributed by atoms with E-state index in [0.29, 0.717) is 19.4 Å². The molecular formula is C30H24O3. The van der Waals surface area contributed by atoms with E-state index < -0.39 is 11.9 Å². The largest absolute Gasteiger partial charge is 0.481 e. The maximum absolute atomic E-state index is 11.8. The number of rotatable bonds is 4. The summed E-state index contributed by atoms with van der Waals surface area (Å²) in [5, 5.41) is 17.0. The normalized spacial score (nSPS) is 17.9. The second kappa shape index (κ2) is 8.02. The van der Waals surface area contributed by atoms with Gasteiger partial charge in [-0.2, -0.15) is 0 Å². The molecule has 0 amide bonds. The highest BCUT2D eigenvalue weighted by Crippen LogP contribution is 2.38. The van der Waals surface area contributed by atoms with E-state index in [1.807, 2.05) is 18.2 Å². The lowest BCUT2D eigenvalue weighted by Crippen LogP contribution is -2.26. The number of hydrogen-bond acceptors (Lipinski definition) is 2. The average molecular weight is 433 g/mol. The highest BCUT2D eigenvalue weighted by atomic mass is 16.5. The SMILES string of the molecule is O=C(O)C1Cc2ccccc2C(OCc2cc3c4ccccc4ccc3c3ccccc23)C1. The number of carboxylic acids is 1. The Hall–Kier alpha value is -3.69. The molecule has 33 heavy (non-hydrogen) atoms. The minimum atomic E-state index is -0.749. The van der Waals surface area contributed by atoms with Gasteiger partial charge in [-0.15, -0.1) is 0 Å². The van der Waals surface area contributed by atoms with Crippen molar-refractivity contribution >= 4 is 38.3 Å². The van der Waals surface area contributed by atoms with Gasteiger partial charge in [0, 0.05) is 0 Å². The first-order valence-electron chi connectivity index (χ1n) is 11.4. The van der Waals surface area contributed by atoms with Crippen LogP contribution in [0.25, 0.3) is 32.3 Å². The lowest BCUT2D eigenvalue weighted by Gasteiger charge is -2.29. The smallest absolute Gasteiger partial charge is 0.306 e. The number of ether oxygens (including phenoxy) is 1. The summed E-state index contributed by atoms with van der Waals surface area (Å²) in [5.41, 5.74) is 3.32. The molecule has 0 saturated carbocycles. The van der Waals surface area contributed by atoms with Crippen molar-refractivity contribution in [3.8, 4) is 0 Å². The van der Waals surface area contributed by atoms with Gasteiger partial charge in [0.2, 0.25) is 0 Å². The van der Waals surface area contributed by atoms with Crippen LogP contribution in [0.2, 0.25) is 0 Å². The quantitative estimate of drug-likeness (QED) is 0.310. The molecule has 0 bridgehead atoms. The van der Waals surface area contributed by atoms with E-state index in [2.05, 4.69) is 72.8 Å².